The van der Waals surface area contributed by atoms with Crippen LogP contribution in [0.5, 0.6) is 11.5 Å². The Morgan fingerprint density at radius 1 is 1.16 bits per heavy atom. The van der Waals surface area contributed by atoms with E-state index in [1.807, 2.05) is 28.8 Å². The largest absolute Gasteiger partial charge is 0.486 e. The van der Waals surface area contributed by atoms with Crippen LogP contribution >= 0.6 is 27.7 Å². The predicted molar refractivity (Wildman–Crippen MR) is 101 cm³/mol. The lowest BCUT2D eigenvalue weighted by atomic mass is 10.2. The Kier molecular flexibility index (Phi) is 4.67. The van der Waals surface area contributed by atoms with Crippen molar-refractivity contribution < 1.29 is 9.47 Å². The molecule has 1 aliphatic rings. The number of ether oxygens (including phenoxy) is 2. The molecule has 5 nitrogen and oxygen atoms in total. The Morgan fingerprint density at radius 3 is 2.72 bits per heavy atom. The van der Waals surface area contributed by atoms with E-state index < -0.39 is 0 Å². The van der Waals surface area contributed by atoms with Gasteiger partial charge < -0.3 is 9.47 Å². The number of aromatic nitrogens is 3. The summed E-state index contributed by atoms with van der Waals surface area (Å²) in [5.74, 6) is 2.34. The van der Waals surface area contributed by atoms with Crippen LogP contribution in [0.15, 0.2) is 52.4 Å². The van der Waals surface area contributed by atoms with Crippen LogP contribution in [-0.4, -0.2) is 28.0 Å². The van der Waals surface area contributed by atoms with Crippen LogP contribution in [0.1, 0.15) is 11.1 Å². The summed E-state index contributed by atoms with van der Waals surface area (Å²) in [5.41, 5.74) is 3.41. The maximum Gasteiger partial charge on any atom is 0.195 e. The summed E-state index contributed by atoms with van der Waals surface area (Å²) in [6.07, 6.45) is 1.75. The first-order chi connectivity index (χ1) is 12.2. The summed E-state index contributed by atoms with van der Waals surface area (Å²) >= 11 is 5.26. The molecule has 2 aromatic carbocycles. The van der Waals surface area contributed by atoms with Gasteiger partial charge in [-0.05, 0) is 36.2 Å². The standard InChI is InChI=1S/C18H16BrN3O2S/c1-12-4-2-3-5-15(12)22-11-20-21-18(22)25-10-13-8-16-17(9-14(13)19)24-7-6-23-16/h2-5,8-9,11H,6-7,10H2,1H3. The highest BCUT2D eigenvalue weighted by atomic mass is 79.9. The van der Waals surface area contributed by atoms with Gasteiger partial charge in [0.1, 0.15) is 19.5 Å². The molecule has 0 atom stereocenters. The van der Waals surface area contributed by atoms with E-state index in [0.717, 1.165) is 38.1 Å². The minimum atomic E-state index is 0.586. The van der Waals surface area contributed by atoms with Gasteiger partial charge in [-0.25, -0.2) is 0 Å². The second-order valence-corrected chi connectivity index (χ2v) is 7.44. The van der Waals surface area contributed by atoms with Crippen LogP contribution in [0.2, 0.25) is 0 Å². The highest BCUT2D eigenvalue weighted by molar-refractivity contribution is 9.10. The molecule has 0 N–H and O–H groups in total. The number of para-hydroxylation sites is 1. The highest BCUT2D eigenvalue weighted by Gasteiger charge is 2.16. The zero-order valence-electron chi connectivity index (χ0n) is 13.6. The van der Waals surface area contributed by atoms with Crippen molar-refractivity contribution >= 4 is 27.7 Å². The van der Waals surface area contributed by atoms with Crippen molar-refractivity contribution in [2.24, 2.45) is 0 Å². The normalized spacial score (nSPS) is 13.0. The third kappa shape index (κ3) is 3.39. The van der Waals surface area contributed by atoms with Gasteiger partial charge in [0, 0.05) is 10.2 Å². The smallest absolute Gasteiger partial charge is 0.195 e. The Morgan fingerprint density at radius 2 is 1.92 bits per heavy atom. The van der Waals surface area contributed by atoms with E-state index in [1.165, 1.54) is 5.56 Å². The van der Waals surface area contributed by atoms with Gasteiger partial charge in [-0.2, -0.15) is 0 Å². The summed E-state index contributed by atoms with van der Waals surface area (Å²) in [6.45, 7) is 3.26. The van der Waals surface area contributed by atoms with Crippen LogP contribution in [0.25, 0.3) is 5.69 Å². The minimum Gasteiger partial charge on any atom is -0.486 e. The van der Waals surface area contributed by atoms with Gasteiger partial charge in [-0.1, -0.05) is 45.9 Å². The van der Waals surface area contributed by atoms with Crippen molar-refractivity contribution in [1.29, 1.82) is 0 Å². The molecule has 1 aliphatic heterocycles. The van der Waals surface area contributed by atoms with Crippen LogP contribution < -0.4 is 9.47 Å². The molecule has 0 fully saturated rings. The second kappa shape index (κ2) is 7.09. The molecule has 0 amide bonds. The lowest BCUT2D eigenvalue weighted by Crippen LogP contribution is -2.15. The zero-order valence-corrected chi connectivity index (χ0v) is 16.0. The Balaban J connectivity index is 1.57. The van der Waals surface area contributed by atoms with Crippen LogP contribution in [0.3, 0.4) is 0 Å². The van der Waals surface area contributed by atoms with E-state index in [0.29, 0.717) is 13.2 Å². The van der Waals surface area contributed by atoms with Crippen molar-refractivity contribution in [2.45, 2.75) is 17.8 Å². The van der Waals surface area contributed by atoms with Gasteiger partial charge in [0.2, 0.25) is 0 Å². The summed E-state index contributed by atoms with van der Waals surface area (Å²) in [4.78, 5) is 0. The topological polar surface area (TPSA) is 49.2 Å². The molecule has 1 aromatic heterocycles. The highest BCUT2D eigenvalue weighted by Crippen LogP contribution is 2.37. The van der Waals surface area contributed by atoms with Crippen LogP contribution in [0, 0.1) is 6.92 Å². The molecule has 2 heterocycles. The van der Waals surface area contributed by atoms with Gasteiger partial charge in [0.05, 0.1) is 5.69 Å². The molecule has 3 aromatic rings. The van der Waals surface area contributed by atoms with Gasteiger partial charge in [0.15, 0.2) is 16.7 Å². The summed E-state index contributed by atoms with van der Waals surface area (Å²) < 4.78 is 14.3. The molecule has 25 heavy (non-hydrogen) atoms. The first-order valence-electron chi connectivity index (χ1n) is 7.89. The molecule has 0 radical (unpaired) electrons. The number of aryl methyl sites for hydroxylation is 1. The molecule has 0 spiro atoms. The van der Waals surface area contributed by atoms with E-state index in [-0.39, 0.29) is 0 Å². The molecule has 7 heteroatoms. The number of nitrogens with zero attached hydrogens (tertiary/aromatic N) is 3. The average Bonchev–Trinajstić information content (AvgIpc) is 3.08. The first-order valence-corrected chi connectivity index (χ1v) is 9.67. The van der Waals surface area contributed by atoms with E-state index in [4.69, 9.17) is 9.47 Å². The van der Waals surface area contributed by atoms with Crippen molar-refractivity contribution in [3.05, 3.63) is 58.3 Å². The molecular weight excluding hydrogens is 402 g/mol. The summed E-state index contributed by atoms with van der Waals surface area (Å²) in [6, 6.07) is 12.2. The number of hydrogen-bond donors (Lipinski definition) is 0. The monoisotopic (exact) mass is 417 g/mol. The fourth-order valence-electron chi connectivity index (χ4n) is 2.68. The number of hydrogen-bond acceptors (Lipinski definition) is 5. The fourth-order valence-corrected chi connectivity index (χ4v) is 4.24. The Hall–Kier alpha value is -1.99. The minimum absolute atomic E-state index is 0.586. The molecule has 128 valence electrons. The summed E-state index contributed by atoms with van der Waals surface area (Å²) in [7, 11) is 0. The van der Waals surface area contributed by atoms with Crippen LogP contribution in [0.4, 0.5) is 0 Å². The number of thioether (sulfide) groups is 1. The van der Waals surface area contributed by atoms with E-state index >= 15 is 0 Å². The lowest BCUT2D eigenvalue weighted by Gasteiger charge is -2.19. The third-order valence-corrected chi connectivity index (χ3v) is 5.69. The van der Waals surface area contributed by atoms with Crippen molar-refractivity contribution in [1.82, 2.24) is 14.8 Å². The zero-order chi connectivity index (χ0) is 17.2. The van der Waals surface area contributed by atoms with Crippen LogP contribution in [-0.2, 0) is 5.75 Å². The number of halogens is 1. The van der Waals surface area contributed by atoms with Crippen molar-refractivity contribution in [3.63, 3.8) is 0 Å². The molecule has 0 unspecified atom stereocenters. The molecule has 0 saturated heterocycles. The Labute approximate surface area is 158 Å². The van der Waals surface area contributed by atoms with Gasteiger partial charge >= 0.3 is 0 Å². The van der Waals surface area contributed by atoms with E-state index in [9.17, 15) is 0 Å². The molecule has 0 aliphatic carbocycles. The van der Waals surface area contributed by atoms with Crippen molar-refractivity contribution in [2.75, 3.05) is 13.2 Å². The number of rotatable bonds is 4. The molecular formula is C18H16BrN3O2S. The van der Waals surface area contributed by atoms with Crippen molar-refractivity contribution in [3.8, 4) is 17.2 Å². The molecule has 0 bridgehead atoms. The first kappa shape index (κ1) is 16.5. The maximum atomic E-state index is 5.68. The second-order valence-electron chi connectivity index (χ2n) is 5.65. The third-order valence-electron chi connectivity index (χ3n) is 3.96. The van der Waals surface area contributed by atoms with Gasteiger partial charge in [0.25, 0.3) is 0 Å². The maximum absolute atomic E-state index is 5.68. The number of benzene rings is 2. The SMILES string of the molecule is Cc1ccccc1-n1cnnc1SCc1cc2c(cc1Br)OCCO2. The van der Waals surface area contributed by atoms with E-state index in [2.05, 4.69) is 45.2 Å². The van der Waals surface area contributed by atoms with E-state index in [1.54, 1.807) is 18.1 Å². The predicted octanol–water partition coefficient (Wildman–Crippen LogP) is 4.40. The molecule has 4 rings (SSSR count). The van der Waals surface area contributed by atoms with Gasteiger partial charge in [-0.3, -0.25) is 4.57 Å². The fraction of sp³-hybridized carbons (Fsp3) is 0.222. The lowest BCUT2D eigenvalue weighted by molar-refractivity contribution is 0.171. The van der Waals surface area contributed by atoms with Gasteiger partial charge in [-0.15, -0.1) is 10.2 Å². The summed E-state index contributed by atoms with van der Waals surface area (Å²) in [5, 5.41) is 9.21. The Bertz CT molecular complexity index is 913. The quantitative estimate of drug-likeness (QED) is 0.588. The average molecular weight is 418 g/mol. The molecule has 0 saturated carbocycles. The number of fused-ring (bicyclic) bond motifs is 1.